The Morgan fingerprint density at radius 3 is 2.55 bits per heavy atom. The fourth-order valence-corrected chi connectivity index (χ4v) is 4.84. The molecule has 8 nitrogen and oxygen atoms in total. The Bertz CT molecular complexity index is 1090. The number of nitrogens with zero attached hydrogens (tertiary/aromatic N) is 3. The van der Waals surface area contributed by atoms with Crippen molar-refractivity contribution >= 4 is 33.0 Å². The maximum Gasteiger partial charge on any atom is 0.246 e. The second-order valence-corrected chi connectivity index (χ2v) is 9.59. The molecule has 1 N–H and O–H groups in total. The number of aromatic nitrogens is 2. The number of hydrogen-bond acceptors (Lipinski definition) is 7. The molecule has 1 aromatic carbocycles. The lowest BCUT2D eigenvalue weighted by Crippen LogP contribution is -2.47. The number of carbonyl (C=O) groups is 1. The van der Waals surface area contributed by atoms with Gasteiger partial charge in [-0.2, -0.15) is 4.98 Å². The fourth-order valence-electron chi connectivity index (χ4n) is 3.03. The number of aryl methyl sites for hydroxylation is 2. The van der Waals surface area contributed by atoms with Gasteiger partial charge in [0, 0.05) is 0 Å². The van der Waals surface area contributed by atoms with Gasteiger partial charge in [0.25, 0.3) is 0 Å². The second kappa shape index (κ2) is 8.34. The van der Waals surface area contributed by atoms with E-state index in [2.05, 4.69) is 15.5 Å². The summed E-state index contributed by atoms with van der Waals surface area (Å²) >= 11 is 1.48. The molecule has 3 aromatic rings. The molecule has 1 atom stereocenters. The Morgan fingerprint density at radius 2 is 1.97 bits per heavy atom. The van der Waals surface area contributed by atoms with Crippen LogP contribution in [-0.4, -0.2) is 36.8 Å². The number of hydrogen-bond donors (Lipinski definition) is 1. The van der Waals surface area contributed by atoms with Crippen LogP contribution in [0.1, 0.15) is 23.9 Å². The summed E-state index contributed by atoms with van der Waals surface area (Å²) in [5.74, 6) is 0.224. The molecule has 0 aliphatic heterocycles. The van der Waals surface area contributed by atoms with Gasteiger partial charge in [-0.1, -0.05) is 17.3 Å². The van der Waals surface area contributed by atoms with Crippen molar-refractivity contribution in [3.63, 3.8) is 0 Å². The van der Waals surface area contributed by atoms with Crippen molar-refractivity contribution in [3.8, 4) is 10.7 Å². The van der Waals surface area contributed by atoms with Crippen LogP contribution in [0.15, 0.2) is 40.2 Å². The normalized spacial score (nSPS) is 12.6. The molecular weight excluding hydrogens is 412 g/mol. The highest BCUT2D eigenvalue weighted by atomic mass is 32.2. The van der Waals surface area contributed by atoms with Crippen molar-refractivity contribution in [2.75, 3.05) is 10.6 Å². The average Bonchev–Trinajstić information content (AvgIpc) is 3.29. The Morgan fingerprint density at radius 1 is 1.28 bits per heavy atom. The molecule has 0 unspecified atom stereocenters. The van der Waals surface area contributed by atoms with Crippen molar-refractivity contribution in [1.82, 2.24) is 15.5 Å². The summed E-state index contributed by atoms with van der Waals surface area (Å²) in [4.78, 5) is 17.8. The molecule has 0 saturated carbocycles. The van der Waals surface area contributed by atoms with E-state index in [1.807, 2.05) is 37.4 Å². The number of sulfonamides is 1. The van der Waals surface area contributed by atoms with Gasteiger partial charge in [0.1, 0.15) is 6.04 Å². The lowest BCUT2D eigenvalue weighted by Gasteiger charge is -2.28. The van der Waals surface area contributed by atoms with Gasteiger partial charge in [-0.05, 0) is 55.5 Å². The van der Waals surface area contributed by atoms with Gasteiger partial charge in [0.15, 0.2) is 0 Å². The number of carbonyl (C=O) groups excluding carboxylic acids is 1. The van der Waals surface area contributed by atoms with Crippen LogP contribution < -0.4 is 9.62 Å². The third-order valence-corrected chi connectivity index (χ3v) is 6.28. The van der Waals surface area contributed by atoms with E-state index in [9.17, 15) is 13.2 Å². The molecule has 10 heteroatoms. The third kappa shape index (κ3) is 5.01. The summed E-state index contributed by atoms with van der Waals surface area (Å²) in [6.45, 7) is 5.30. The van der Waals surface area contributed by atoms with Crippen LogP contribution in [0.25, 0.3) is 10.7 Å². The lowest BCUT2D eigenvalue weighted by molar-refractivity contribution is -0.122. The zero-order chi connectivity index (χ0) is 21.2. The van der Waals surface area contributed by atoms with Crippen LogP contribution in [-0.2, 0) is 21.4 Å². The summed E-state index contributed by atoms with van der Waals surface area (Å²) in [6.07, 6.45) is 1.08. The molecule has 29 heavy (non-hydrogen) atoms. The van der Waals surface area contributed by atoms with Crippen molar-refractivity contribution < 1.29 is 17.7 Å². The monoisotopic (exact) mass is 434 g/mol. The van der Waals surface area contributed by atoms with E-state index < -0.39 is 22.0 Å². The van der Waals surface area contributed by atoms with Gasteiger partial charge >= 0.3 is 0 Å². The quantitative estimate of drug-likeness (QED) is 0.613. The lowest BCUT2D eigenvalue weighted by atomic mass is 10.1. The van der Waals surface area contributed by atoms with Gasteiger partial charge in [-0.3, -0.25) is 9.10 Å². The molecule has 0 saturated heterocycles. The van der Waals surface area contributed by atoms with Gasteiger partial charge in [0.05, 0.1) is 23.4 Å². The highest BCUT2D eigenvalue weighted by molar-refractivity contribution is 7.92. The smallest absolute Gasteiger partial charge is 0.246 e. The first-order valence-corrected chi connectivity index (χ1v) is 11.6. The SMILES string of the molecule is Cc1cc(C)cc(N([C@H](C)C(=O)NCc2nc(-c3cccs3)no2)S(C)(=O)=O)c1. The number of benzene rings is 1. The Balaban J connectivity index is 1.74. The Labute approximate surface area is 173 Å². The van der Waals surface area contributed by atoms with E-state index in [0.717, 1.165) is 26.6 Å². The molecule has 0 aliphatic carbocycles. The third-order valence-electron chi connectivity index (χ3n) is 4.17. The second-order valence-electron chi connectivity index (χ2n) is 6.79. The number of amides is 1. The van der Waals surface area contributed by atoms with E-state index >= 15 is 0 Å². The zero-order valence-corrected chi connectivity index (χ0v) is 18.2. The summed E-state index contributed by atoms with van der Waals surface area (Å²) in [5, 5.41) is 8.46. The molecule has 0 bridgehead atoms. The maximum absolute atomic E-state index is 12.7. The van der Waals surface area contributed by atoms with Gasteiger partial charge in [-0.25, -0.2) is 8.42 Å². The number of rotatable bonds is 7. The Kier molecular flexibility index (Phi) is 6.04. The predicted octanol–water partition coefficient (Wildman–Crippen LogP) is 2.89. The van der Waals surface area contributed by atoms with Crippen LogP contribution in [0, 0.1) is 13.8 Å². The first-order valence-electron chi connectivity index (χ1n) is 8.87. The van der Waals surface area contributed by atoms with E-state index in [1.54, 1.807) is 19.1 Å². The summed E-state index contributed by atoms with van der Waals surface area (Å²) in [7, 11) is -3.68. The zero-order valence-electron chi connectivity index (χ0n) is 16.5. The summed E-state index contributed by atoms with van der Waals surface area (Å²) in [6, 6.07) is 8.22. The minimum atomic E-state index is -3.68. The van der Waals surface area contributed by atoms with E-state index in [1.165, 1.54) is 11.3 Å². The molecule has 2 heterocycles. The molecule has 154 valence electrons. The molecular formula is C19H22N4O4S2. The largest absolute Gasteiger partial charge is 0.345 e. The minimum absolute atomic E-state index is 0.00595. The number of anilines is 1. The number of thiophene rings is 1. The standard InChI is InChI=1S/C19H22N4O4S2/c1-12-8-13(2)10-15(9-12)23(29(4,25)26)14(3)19(24)20-11-17-21-18(22-27-17)16-6-5-7-28-16/h5-10,14H,11H2,1-4H3,(H,20,24)/t14-/m1/s1. The van der Waals surface area contributed by atoms with Gasteiger partial charge in [0.2, 0.25) is 27.6 Å². The van der Waals surface area contributed by atoms with Crippen LogP contribution in [0.2, 0.25) is 0 Å². The van der Waals surface area contributed by atoms with E-state index in [4.69, 9.17) is 4.52 Å². The van der Waals surface area contributed by atoms with Crippen LogP contribution in [0.4, 0.5) is 5.69 Å². The summed E-state index contributed by atoms with van der Waals surface area (Å²) < 4.78 is 31.1. The average molecular weight is 435 g/mol. The van der Waals surface area contributed by atoms with Crippen molar-refractivity contribution in [2.24, 2.45) is 0 Å². The molecule has 1 amide bonds. The molecule has 0 spiro atoms. The van der Waals surface area contributed by atoms with E-state index in [-0.39, 0.29) is 12.4 Å². The highest BCUT2D eigenvalue weighted by Gasteiger charge is 2.29. The van der Waals surface area contributed by atoms with Crippen molar-refractivity contribution in [3.05, 3.63) is 52.7 Å². The maximum atomic E-state index is 12.7. The summed E-state index contributed by atoms with van der Waals surface area (Å²) in [5.41, 5.74) is 2.27. The first kappa shape index (κ1) is 21.0. The predicted molar refractivity (Wildman–Crippen MR) is 112 cm³/mol. The Hall–Kier alpha value is -2.72. The van der Waals surface area contributed by atoms with Crippen molar-refractivity contribution in [1.29, 1.82) is 0 Å². The molecule has 2 aromatic heterocycles. The van der Waals surface area contributed by atoms with Crippen LogP contribution in [0.5, 0.6) is 0 Å². The molecule has 0 fully saturated rings. The molecule has 0 aliphatic rings. The molecule has 3 rings (SSSR count). The van der Waals surface area contributed by atoms with Gasteiger partial charge in [-0.15, -0.1) is 11.3 Å². The highest BCUT2D eigenvalue weighted by Crippen LogP contribution is 2.24. The minimum Gasteiger partial charge on any atom is -0.345 e. The topological polar surface area (TPSA) is 105 Å². The number of nitrogens with one attached hydrogen (secondary N) is 1. The van der Waals surface area contributed by atoms with E-state index in [0.29, 0.717) is 11.5 Å². The fraction of sp³-hybridized carbons (Fsp3) is 0.316. The van der Waals surface area contributed by atoms with Crippen LogP contribution in [0.3, 0.4) is 0 Å². The molecule has 0 radical (unpaired) electrons. The van der Waals surface area contributed by atoms with Crippen molar-refractivity contribution in [2.45, 2.75) is 33.4 Å². The van der Waals surface area contributed by atoms with Gasteiger partial charge < -0.3 is 9.84 Å². The van der Waals surface area contributed by atoms with Crippen LogP contribution >= 0.6 is 11.3 Å². The first-order chi connectivity index (χ1) is 13.6.